The van der Waals surface area contributed by atoms with Crippen LogP contribution in [0.1, 0.15) is 15.9 Å². The minimum atomic E-state index is 0.575. The molecule has 4 heteroatoms. The molecule has 0 bridgehead atoms. The van der Waals surface area contributed by atoms with Gasteiger partial charge in [0.1, 0.15) is 5.69 Å². The third-order valence-corrected chi connectivity index (χ3v) is 3.12. The van der Waals surface area contributed by atoms with Crippen molar-refractivity contribution in [3.05, 3.63) is 66.1 Å². The lowest BCUT2D eigenvalue weighted by Crippen LogP contribution is -1.94. The van der Waals surface area contributed by atoms with Gasteiger partial charge in [-0.25, -0.2) is 4.68 Å². The number of pyridine rings is 1. The van der Waals surface area contributed by atoms with Crippen LogP contribution in [0.5, 0.6) is 0 Å². The molecule has 0 aliphatic carbocycles. The second kappa shape index (κ2) is 5.09. The molecule has 0 atom stereocenters. The molecule has 0 unspecified atom stereocenters. The number of carbonyl (C=O) groups excluding carboxylic acids is 1. The molecule has 3 aromatic rings. The molecular formula is C16H13N3O. The fraction of sp³-hybridized carbons (Fsp3) is 0.0625. The lowest BCUT2D eigenvalue weighted by Gasteiger charge is -2.00. The molecule has 98 valence electrons. The zero-order valence-electron chi connectivity index (χ0n) is 11.0. The molecule has 3 rings (SSSR count). The number of aromatic nitrogens is 3. The van der Waals surface area contributed by atoms with E-state index in [1.165, 1.54) is 5.56 Å². The maximum atomic E-state index is 11.2. The topological polar surface area (TPSA) is 47.8 Å². The summed E-state index contributed by atoms with van der Waals surface area (Å²) in [7, 11) is 0. The van der Waals surface area contributed by atoms with Gasteiger partial charge in [0, 0.05) is 24.2 Å². The summed E-state index contributed by atoms with van der Waals surface area (Å²) in [6, 6.07) is 11.7. The van der Waals surface area contributed by atoms with Crippen LogP contribution < -0.4 is 0 Å². The van der Waals surface area contributed by atoms with E-state index in [4.69, 9.17) is 0 Å². The van der Waals surface area contributed by atoms with Crippen molar-refractivity contribution in [1.29, 1.82) is 0 Å². The summed E-state index contributed by atoms with van der Waals surface area (Å²) in [5.41, 5.74) is 4.25. The van der Waals surface area contributed by atoms with Crippen LogP contribution in [-0.2, 0) is 0 Å². The van der Waals surface area contributed by atoms with Crippen molar-refractivity contribution in [2.45, 2.75) is 6.92 Å². The van der Waals surface area contributed by atoms with Gasteiger partial charge in [0.15, 0.2) is 6.29 Å². The Morgan fingerprint density at radius 1 is 1.05 bits per heavy atom. The first kappa shape index (κ1) is 12.3. The molecule has 0 fully saturated rings. The van der Waals surface area contributed by atoms with Crippen molar-refractivity contribution < 1.29 is 4.79 Å². The van der Waals surface area contributed by atoms with Gasteiger partial charge >= 0.3 is 0 Å². The van der Waals surface area contributed by atoms with E-state index in [1.807, 2.05) is 43.3 Å². The number of nitrogens with zero attached hydrogens (tertiary/aromatic N) is 3. The Hall–Kier alpha value is -2.75. The van der Waals surface area contributed by atoms with Crippen molar-refractivity contribution in [2.75, 3.05) is 0 Å². The van der Waals surface area contributed by atoms with Crippen LogP contribution in [0.4, 0.5) is 0 Å². The van der Waals surface area contributed by atoms with Crippen molar-refractivity contribution in [3.63, 3.8) is 0 Å². The molecule has 0 radical (unpaired) electrons. The molecule has 0 aliphatic rings. The zero-order chi connectivity index (χ0) is 13.9. The standard InChI is InChI=1S/C16H13N3O/c1-12-2-4-13(5-3-12)16-14(11-20)10-19(18-16)15-6-8-17-9-7-15/h2-11H,1H3. The summed E-state index contributed by atoms with van der Waals surface area (Å²) < 4.78 is 1.70. The zero-order valence-corrected chi connectivity index (χ0v) is 11.0. The summed E-state index contributed by atoms with van der Waals surface area (Å²) in [5.74, 6) is 0. The van der Waals surface area contributed by atoms with Gasteiger partial charge in [0.05, 0.1) is 11.3 Å². The van der Waals surface area contributed by atoms with Crippen LogP contribution in [0, 0.1) is 6.92 Å². The minimum absolute atomic E-state index is 0.575. The third kappa shape index (κ3) is 2.23. The number of benzene rings is 1. The second-order valence-electron chi connectivity index (χ2n) is 4.57. The lowest BCUT2D eigenvalue weighted by molar-refractivity contribution is 0.112. The van der Waals surface area contributed by atoms with Crippen LogP contribution >= 0.6 is 0 Å². The lowest BCUT2D eigenvalue weighted by atomic mass is 10.1. The van der Waals surface area contributed by atoms with E-state index in [0.29, 0.717) is 11.3 Å². The molecule has 0 aliphatic heterocycles. The van der Waals surface area contributed by atoms with E-state index in [1.54, 1.807) is 23.3 Å². The highest BCUT2D eigenvalue weighted by molar-refractivity contribution is 5.85. The maximum Gasteiger partial charge on any atom is 0.153 e. The Morgan fingerprint density at radius 3 is 2.40 bits per heavy atom. The van der Waals surface area contributed by atoms with Gasteiger partial charge in [-0.1, -0.05) is 29.8 Å². The summed E-state index contributed by atoms with van der Waals surface area (Å²) >= 11 is 0. The Morgan fingerprint density at radius 2 is 1.75 bits per heavy atom. The predicted octanol–water partition coefficient (Wildman–Crippen LogP) is 3.06. The van der Waals surface area contributed by atoms with Gasteiger partial charge in [-0.05, 0) is 19.1 Å². The molecule has 1 aromatic carbocycles. The predicted molar refractivity (Wildman–Crippen MR) is 76.9 cm³/mol. The quantitative estimate of drug-likeness (QED) is 0.682. The highest BCUT2D eigenvalue weighted by Gasteiger charge is 2.11. The Bertz CT molecular complexity index is 730. The van der Waals surface area contributed by atoms with Crippen LogP contribution in [0.25, 0.3) is 16.9 Å². The van der Waals surface area contributed by atoms with Gasteiger partial charge < -0.3 is 0 Å². The largest absolute Gasteiger partial charge is 0.298 e. The number of carbonyl (C=O) groups is 1. The van der Waals surface area contributed by atoms with E-state index in [9.17, 15) is 4.79 Å². The van der Waals surface area contributed by atoms with Gasteiger partial charge in [0.2, 0.25) is 0 Å². The molecule has 0 N–H and O–H groups in total. The van der Waals surface area contributed by atoms with Gasteiger partial charge in [-0.3, -0.25) is 9.78 Å². The fourth-order valence-electron chi connectivity index (χ4n) is 2.04. The number of rotatable bonds is 3. The monoisotopic (exact) mass is 263 g/mol. The highest BCUT2D eigenvalue weighted by Crippen LogP contribution is 2.22. The van der Waals surface area contributed by atoms with Crippen molar-refractivity contribution in [3.8, 4) is 16.9 Å². The number of aryl methyl sites for hydroxylation is 1. The first-order valence-electron chi connectivity index (χ1n) is 6.30. The van der Waals surface area contributed by atoms with Crippen molar-refractivity contribution in [2.24, 2.45) is 0 Å². The summed E-state index contributed by atoms with van der Waals surface area (Å²) in [6.07, 6.45) is 5.96. The Labute approximate surface area is 116 Å². The molecular weight excluding hydrogens is 250 g/mol. The maximum absolute atomic E-state index is 11.2. The van der Waals surface area contributed by atoms with Crippen LogP contribution in [0.15, 0.2) is 55.0 Å². The van der Waals surface area contributed by atoms with Crippen molar-refractivity contribution in [1.82, 2.24) is 14.8 Å². The van der Waals surface area contributed by atoms with E-state index >= 15 is 0 Å². The fourth-order valence-corrected chi connectivity index (χ4v) is 2.04. The van der Waals surface area contributed by atoms with Gasteiger partial charge in [0.25, 0.3) is 0 Å². The molecule has 2 aromatic heterocycles. The highest BCUT2D eigenvalue weighted by atomic mass is 16.1. The molecule has 4 nitrogen and oxygen atoms in total. The van der Waals surface area contributed by atoms with E-state index < -0.39 is 0 Å². The Kier molecular flexibility index (Phi) is 3.13. The molecule has 2 heterocycles. The summed E-state index contributed by atoms with van der Waals surface area (Å²) in [4.78, 5) is 15.2. The smallest absolute Gasteiger partial charge is 0.153 e. The third-order valence-electron chi connectivity index (χ3n) is 3.12. The number of aldehydes is 1. The van der Waals surface area contributed by atoms with Crippen molar-refractivity contribution >= 4 is 6.29 Å². The van der Waals surface area contributed by atoms with Crippen LogP contribution in [-0.4, -0.2) is 21.1 Å². The normalized spacial score (nSPS) is 10.4. The molecule has 0 saturated carbocycles. The first-order chi connectivity index (χ1) is 9.78. The van der Waals surface area contributed by atoms with E-state index in [-0.39, 0.29) is 0 Å². The average molecular weight is 263 g/mol. The second-order valence-corrected chi connectivity index (χ2v) is 4.57. The molecule has 0 amide bonds. The first-order valence-corrected chi connectivity index (χ1v) is 6.30. The minimum Gasteiger partial charge on any atom is -0.298 e. The Balaban J connectivity index is 2.10. The summed E-state index contributed by atoms with van der Waals surface area (Å²) in [5, 5.41) is 4.51. The number of hydrogen-bond donors (Lipinski definition) is 0. The molecule has 0 spiro atoms. The van der Waals surface area contributed by atoms with E-state index in [0.717, 1.165) is 17.5 Å². The van der Waals surface area contributed by atoms with Gasteiger partial charge in [-0.15, -0.1) is 0 Å². The van der Waals surface area contributed by atoms with Crippen LogP contribution in [0.3, 0.4) is 0 Å². The molecule has 20 heavy (non-hydrogen) atoms. The van der Waals surface area contributed by atoms with E-state index in [2.05, 4.69) is 10.1 Å². The SMILES string of the molecule is Cc1ccc(-c2nn(-c3ccncc3)cc2C=O)cc1. The molecule has 0 saturated heterocycles. The number of hydrogen-bond acceptors (Lipinski definition) is 3. The van der Waals surface area contributed by atoms with Crippen LogP contribution in [0.2, 0.25) is 0 Å². The van der Waals surface area contributed by atoms with Gasteiger partial charge in [-0.2, -0.15) is 5.10 Å². The summed E-state index contributed by atoms with van der Waals surface area (Å²) in [6.45, 7) is 2.03. The average Bonchev–Trinajstić information content (AvgIpc) is 2.93.